The van der Waals surface area contributed by atoms with Crippen molar-refractivity contribution in [2.45, 2.75) is 12.4 Å². The Morgan fingerprint density at radius 1 is 1.24 bits per heavy atom. The summed E-state index contributed by atoms with van der Waals surface area (Å²) in [5, 5.41) is 1.73. The van der Waals surface area contributed by atoms with Gasteiger partial charge in [0.15, 0.2) is 0 Å². The summed E-state index contributed by atoms with van der Waals surface area (Å²) in [7, 11) is 0. The van der Waals surface area contributed by atoms with E-state index in [4.69, 9.17) is 0 Å². The molecule has 21 heavy (non-hydrogen) atoms. The number of aromatic amines is 1. The van der Waals surface area contributed by atoms with Gasteiger partial charge in [0.25, 0.3) is 11.5 Å². The van der Waals surface area contributed by atoms with E-state index in [9.17, 15) is 35.9 Å². The Hall–Kier alpha value is -2.04. The Labute approximate surface area is 112 Å². The summed E-state index contributed by atoms with van der Waals surface area (Å²) in [6, 6.07) is 0.362. The van der Waals surface area contributed by atoms with Crippen molar-refractivity contribution in [1.82, 2.24) is 4.98 Å². The fraction of sp³-hybridized carbons (Fsp3) is 0.400. The second-order valence-corrected chi connectivity index (χ2v) is 3.79. The molecule has 0 aliphatic rings. The van der Waals surface area contributed by atoms with Gasteiger partial charge in [0.05, 0.1) is 5.56 Å². The summed E-state index contributed by atoms with van der Waals surface area (Å²) in [6.45, 7) is -2.76. The lowest BCUT2D eigenvalue weighted by molar-refractivity contribution is -0.174. The van der Waals surface area contributed by atoms with E-state index in [0.717, 1.165) is 0 Å². The molecule has 0 radical (unpaired) electrons. The lowest BCUT2D eigenvalue weighted by Gasteiger charge is -2.10. The van der Waals surface area contributed by atoms with Gasteiger partial charge in [0.2, 0.25) is 0 Å². The zero-order chi connectivity index (χ0) is 16.3. The highest BCUT2D eigenvalue weighted by Gasteiger charge is 2.31. The Kier molecular flexibility index (Phi) is 4.99. The summed E-state index contributed by atoms with van der Waals surface area (Å²) < 4.78 is 76.4. The molecular formula is C10H8F6N2O3. The highest BCUT2D eigenvalue weighted by Crippen LogP contribution is 2.29. The first-order valence-corrected chi connectivity index (χ1v) is 5.23. The first-order chi connectivity index (χ1) is 9.49. The van der Waals surface area contributed by atoms with E-state index in [1.54, 1.807) is 10.3 Å². The Balaban J connectivity index is 2.70. The van der Waals surface area contributed by atoms with Crippen LogP contribution in [0.2, 0.25) is 0 Å². The van der Waals surface area contributed by atoms with E-state index in [1.807, 2.05) is 0 Å². The monoisotopic (exact) mass is 318 g/mol. The summed E-state index contributed by atoms with van der Waals surface area (Å²) in [5.41, 5.74) is -3.01. The van der Waals surface area contributed by atoms with Crippen LogP contribution in [0.1, 0.15) is 5.56 Å². The Morgan fingerprint density at radius 3 is 2.38 bits per heavy atom. The van der Waals surface area contributed by atoms with Crippen LogP contribution in [0.5, 0.6) is 0 Å². The van der Waals surface area contributed by atoms with Crippen LogP contribution in [-0.4, -0.2) is 30.3 Å². The van der Waals surface area contributed by atoms with Crippen molar-refractivity contribution in [2.75, 3.05) is 18.5 Å². The number of carbonyl (C=O) groups is 1. The number of rotatable bonds is 4. The summed E-state index contributed by atoms with van der Waals surface area (Å²) in [5.74, 6) is -1.19. The van der Waals surface area contributed by atoms with Gasteiger partial charge in [0.1, 0.15) is 18.9 Å². The van der Waals surface area contributed by atoms with Crippen molar-refractivity contribution >= 4 is 11.6 Å². The molecule has 0 atom stereocenters. The van der Waals surface area contributed by atoms with E-state index >= 15 is 0 Å². The molecule has 1 rings (SSSR count). The van der Waals surface area contributed by atoms with Gasteiger partial charge in [-0.3, -0.25) is 9.59 Å². The van der Waals surface area contributed by atoms with Gasteiger partial charge >= 0.3 is 12.4 Å². The summed E-state index contributed by atoms with van der Waals surface area (Å²) in [6.07, 6.45) is -9.00. The van der Waals surface area contributed by atoms with Crippen molar-refractivity contribution < 1.29 is 35.9 Å². The highest BCUT2D eigenvalue weighted by molar-refractivity contribution is 5.91. The van der Waals surface area contributed by atoms with E-state index in [2.05, 4.69) is 4.74 Å². The quantitative estimate of drug-likeness (QED) is 0.833. The van der Waals surface area contributed by atoms with Crippen LogP contribution in [0, 0.1) is 0 Å². The highest BCUT2D eigenvalue weighted by atomic mass is 19.4. The van der Waals surface area contributed by atoms with Gasteiger partial charge in [-0.2, -0.15) is 26.3 Å². The average molecular weight is 318 g/mol. The molecule has 0 aliphatic heterocycles. The molecule has 1 amide bonds. The minimum atomic E-state index is -4.75. The molecule has 1 heterocycles. The van der Waals surface area contributed by atoms with Crippen LogP contribution in [0.25, 0.3) is 0 Å². The molecule has 0 saturated carbocycles. The fourth-order valence-electron chi connectivity index (χ4n) is 1.19. The normalized spacial score (nSPS) is 12.3. The molecule has 1 aromatic heterocycles. The van der Waals surface area contributed by atoms with Crippen molar-refractivity contribution in [3.8, 4) is 0 Å². The van der Waals surface area contributed by atoms with E-state index in [-0.39, 0.29) is 0 Å². The molecule has 0 unspecified atom stereocenters. The molecule has 5 nitrogen and oxygen atoms in total. The molecule has 0 saturated heterocycles. The van der Waals surface area contributed by atoms with Crippen molar-refractivity contribution in [1.29, 1.82) is 0 Å². The molecular weight excluding hydrogens is 310 g/mol. The van der Waals surface area contributed by atoms with Crippen LogP contribution >= 0.6 is 0 Å². The number of hydrogen-bond donors (Lipinski definition) is 2. The number of hydrogen-bond acceptors (Lipinski definition) is 3. The van der Waals surface area contributed by atoms with Gasteiger partial charge in [-0.1, -0.05) is 0 Å². The van der Waals surface area contributed by atoms with E-state index in [1.165, 1.54) is 0 Å². The third-order valence-corrected chi connectivity index (χ3v) is 2.00. The lowest BCUT2D eigenvalue weighted by atomic mass is 10.2. The number of pyridine rings is 1. The SMILES string of the molecule is O=C(COCC(F)(F)F)Nc1cc(C(F)(F)F)c[nH]c1=O. The number of nitrogens with one attached hydrogen (secondary N) is 2. The molecule has 2 N–H and O–H groups in total. The molecule has 0 spiro atoms. The van der Waals surface area contributed by atoms with Crippen molar-refractivity contribution in [2.24, 2.45) is 0 Å². The minimum absolute atomic E-state index is 0.362. The number of H-pyrrole nitrogens is 1. The van der Waals surface area contributed by atoms with Gasteiger partial charge in [-0.25, -0.2) is 0 Å². The number of ether oxygens (including phenoxy) is 1. The second kappa shape index (κ2) is 6.16. The number of anilines is 1. The molecule has 11 heteroatoms. The van der Waals surface area contributed by atoms with Gasteiger partial charge in [0, 0.05) is 6.20 Å². The van der Waals surface area contributed by atoms with Gasteiger partial charge in [-0.05, 0) is 6.07 Å². The van der Waals surface area contributed by atoms with Crippen LogP contribution in [0.3, 0.4) is 0 Å². The number of amides is 1. The van der Waals surface area contributed by atoms with Gasteiger partial charge in [-0.15, -0.1) is 0 Å². The van der Waals surface area contributed by atoms with Crippen LogP contribution < -0.4 is 10.9 Å². The number of alkyl halides is 6. The van der Waals surface area contributed by atoms with Crippen LogP contribution in [-0.2, 0) is 15.7 Å². The predicted molar refractivity (Wildman–Crippen MR) is 57.6 cm³/mol. The zero-order valence-electron chi connectivity index (χ0n) is 10.1. The maximum absolute atomic E-state index is 12.4. The topological polar surface area (TPSA) is 71.2 Å². The number of aromatic nitrogens is 1. The molecule has 0 bridgehead atoms. The smallest absolute Gasteiger partial charge is 0.362 e. The summed E-state index contributed by atoms with van der Waals surface area (Å²) in [4.78, 5) is 24.1. The number of carbonyl (C=O) groups excluding carboxylic acids is 1. The molecule has 0 fully saturated rings. The molecule has 1 aromatic rings. The fourth-order valence-corrected chi connectivity index (χ4v) is 1.19. The minimum Gasteiger partial charge on any atom is -0.362 e. The third kappa shape index (κ3) is 5.85. The molecule has 118 valence electrons. The standard InChI is InChI=1S/C10H8F6N2O3/c11-9(12,13)4-21-3-7(19)18-6-1-5(10(14,15)16)2-17-8(6)20/h1-2H,3-4H2,(H,17,20)(H,18,19). The maximum atomic E-state index is 12.4. The first-order valence-electron chi connectivity index (χ1n) is 5.23. The molecule has 0 aliphatic carbocycles. The summed E-state index contributed by atoms with van der Waals surface area (Å²) >= 11 is 0. The Bertz CT molecular complexity index is 563. The average Bonchev–Trinajstić information content (AvgIpc) is 2.28. The van der Waals surface area contributed by atoms with Crippen LogP contribution in [0.4, 0.5) is 32.0 Å². The maximum Gasteiger partial charge on any atom is 0.417 e. The largest absolute Gasteiger partial charge is 0.417 e. The van der Waals surface area contributed by atoms with E-state index < -0.39 is 48.3 Å². The lowest BCUT2D eigenvalue weighted by Crippen LogP contribution is -2.26. The predicted octanol–water partition coefficient (Wildman–Crippen LogP) is 1.91. The first kappa shape index (κ1) is 17.0. The molecule has 0 aromatic carbocycles. The van der Waals surface area contributed by atoms with Crippen molar-refractivity contribution in [3.63, 3.8) is 0 Å². The third-order valence-electron chi connectivity index (χ3n) is 2.00. The van der Waals surface area contributed by atoms with Crippen molar-refractivity contribution in [3.05, 3.63) is 28.2 Å². The van der Waals surface area contributed by atoms with Gasteiger partial charge < -0.3 is 15.0 Å². The number of halogens is 6. The zero-order valence-corrected chi connectivity index (χ0v) is 10.1. The Morgan fingerprint density at radius 2 is 1.86 bits per heavy atom. The van der Waals surface area contributed by atoms with E-state index in [0.29, 0.717) is 12.3 Å². The second-order valence-electron chi connectivity index (χ2n) is 3.79. The van der Waals surface area contributed by atoms with Crippen LogP contribution in [0.15, 0.2) is 17.1 Å².